The summed E-state index contributed by atoms with van der Waals surface area (Å²) >= 11 is 12.7. The van der Waals surface area contributed by atoms with E-state index in [0.717, 1.165) is 51.8 Å². The molecule has 1 aromatic rings. The first-order valence-corrected chi connectivity index (χ1v) is 11.5. The van der Waals surface area contributed by atoms with Gasteiger partial charge in [0, 0.05) is 25.6 Å². The number of halogens is 2. The number of hydrogen-bond acceptors (Lipinski definition) is 4. The van der Waals surface area contributed by atoms with Crippen LogP contribution in [0.2, 0.25) is 10.0 Å². The van der Waals surface area contributed by atoms with Crippen LogP contribution in [0.1, 0.15) is 44.9 Å². The number of carbonyl (C=O) groups excluding carboxylic acids is 1. The van der Waals surface area contributed by atoms with Gasteiger partial charge in [0.1, 0.15) is 0 Å². The van der Waals surface area contributed by atoms with Crippen molar-refractivity contribution in [3.63, 3.8) is 0 Å². The van der Waals surface area contributed by atoms with Crippen molar-refractivity contribution < 1.29 is 14.3 Å². The fraction of sp³-hybridized carbons (Fsp3) is 0.682. The summed E-state index contributed by atoms with van der Waals surface area (Å²) in [6, 6.07) is 5.52. The van der Waals surface area contributed by atoms with Gasteiger partial charge in [-0.2, -0.15) is 0 Å². The third-order valence-corrected chi connectivity index (χ3v) is 7.46. The Bertz CT molecular complexity index is 713. The number of nitrogens with zero attached hydrogens (tertiary/aromatic N) is 1. The van der Waals surface area contributed by atoms with Crippen LogP contribution in [0, 0.1) is 5.92 Å². The number of carbonyl (C=O) groups is 1. The Morgan fingerprint density at radius 3 is 2.59 bits per heavy atom. The van der Waals surface area contributed by atoms with Gasteiger partial charge in [-0.3, -0.25) is 9.69 Å². The summed E-state index contributed by atoms with van der Waals surface area (Å²) in [4.78, 5) is 15.5. The largest absolute Gasteiger partial charge is 0.477 e. The quantitative estimate of drug-likeness (QED) is 0.741. The van der Waals surface area contributed by atoms with Crippen LogP contribution in [0.15, 0.2) is 18.2 Å². The van der Waals surface area contributed by atoms with E-state index in [-0.39, 0.29) is 23.5 Å². The Labute approximate surface area is 183 Å². The molecule has 5 nitrogen and oxygen atoms in total. The highest BCUT2D eigenvalue weighted by Crippen LogP contribution is 2.46. The van der Waals surface area contributed by atoms with Crippen LogP contribution in [-0.2, 0) is 9.53 Å². The lowest BCUT2D eigenvalue weighted by atomic mass is 9.71. The topological polar surface area (TPSA) is 50.8 Å². The molecule has 3 aliphatic rings. The molecule has 1 aromatic carbocycles. The average molecular weight is 441 g/mol. The second kappa shape index (κ2) is 9.01. The predicted molar refractivity (Wildman–Crippen MR) is 115 cm³/mol. The molecule has 4 rings (SSSR count). The lowest BCUT2D eigenvalue weighted by Crippen LogP contribution is -2.56. The van der Waals surface area contributed by atoms with Crippen LogP contribution in [0.3, 0.4) is 0 Å². The Morgan fingerprint density at radius 1 is 1.24 bits per heavy atom. The molecule has 160 valence electrons. The Kier molecular flexibility index (Phi) is 6.59. The molecular weight excluding hydrogens is 411 g/mol. The summed E-state index contributed by atoms with van der Waals surface area (Å²) in [6.07, 6.45) is 6.84. The van der Waals surface area contributed by atoms with Crippen molar-refractivity contribution >= 4 is 29.1 Å². The second-order valence-electron chi connectivity index (χ2n) is 8.56. The van der Waals surface area contributed by atoms with Crippen molar-refractivity contribution in [1.29, 1.82) is 0 Å². The number of likely N-dealkylation sites (N-methyl/N-ethyl adjacent to an activating group) is 1. The van der Waals surface area contributed by atoms with Crippen LogP contribution in [0.25, 0.3) is 0 Å². The molecule has 29 heavy (non-hydrogen) atoms. The van der Waals surface area contributed by atoms with E-state index in [1.807, 2.05) is 0 Å². The number of ether oxygens (including phenoxy) is 2. The highest BCUT2D eigenvalue weighted by Gasteiger charge is 2.50. The second-order valence-corrected chi connectivity index (χ2v) is 9.37. The van der Waals surface area contributed by atoms with Gasteiger partial charge in [-0.15, -0.1) is 0 Å². The van der Waals surface area contributed by atoms with Gasteiger partial charge in [-0.25, -0.2) is 0 Å². The lowest BCUT2D eigenvalue weighted by Gasteiger charge is -2.47. The summed E-state index contributed by atoms with van der Waals surface area (Å²) in [5, 5.41) is 3.65. The Hall–Kier alpha value is -1.01. The number of rotatable bonds is 5. The number of benzene rings is 1. The van der Waals surface area contributed by atoms with E-state index >= 15 is 0 Å². The summed E-state index contributed by atoms with van der Waals surface area (Å²) < 4.78 is 12.5. The van der Waals surface area contributed by atoms with E-state index in [1.165, 1.54) is 12.8 Å². The van der Waals surface area contributed by atoms with Crippen molar-refractivity contribution in [3.05, 3.63) is 28.2 Å². The molecule has 1 N–H and O–H groups in total. The van der Waals surface area contributed by atoms with Crippen molar-refractivity contribution in [2.24, 2.45) is 5.92 Å². The molecule has 1 saturated carbocycles. The molecule has 0 bridgehead atoms. The van der Waals surface area contributed by atoms with Crippen LogP contribution in [0.5, 0.6) is 5.75 Å². The van der Waals surface area contributed by atoms with Gasteiger partial charge in [0.25, 0.3) is 5.91 Å². The van der Waals surface area contributed by atoms with E-state index < -0.39 is 6.10 Å². The zero-order valence-electron chi connectivity index (χ0n) is 17.0. The molecule has 2 heterocycles. The van der Waals surface area contributed by atoms with Gasteiger partial charge >= 0.3 is 0 Å². The Morgan fingerprint density at radius 2 is 1.97 bits per heavy atom. The number of nitrogens with one attached hydrogen (secondary N) is 1. The minimum Gasteiger partial charge on any atom is -0.477 e. The van der Waals surface area contributed by atoms with E-state index in [1.54, 1.807) is 25.2 Å². The molecule has 7 heteroatoms. The van der Waals surface area contributed by atoms with Gasteiger partial charge < -0.3 is 14.8 Å². The van der Waals surface area contributed by atoms with Gasteiger partial charge in [0.2, 0.25) is 0 Å². The minimum atomic E-state index is -0.637. The van der Waals surface area contributed by atoms with E-state index in [2.05, 4.69) is 10.2 Å². The van der Waals surface area contributed by atoms with Crippen molar-refractivity contribution in [3.8, 4) is 5.75 Å². The van der Waals surface area contributed by atoms with Crippen LogP contribution in [0.4, 0.5) is 0 Å². The number of para-hydroxylation sites is 1. The zero-order valence-corrected chi connectivity index (χ0v) is 18.5. The summed E-state index contributed by atoms with van der Waals surface area (Å²) in [5.41, 5.74) is -0.0287. The predicted octanol–water partition coefficient (Wildman–Crippen LogP) is 4.30. The molecule has 0 radical (unpaired) electrons. The standard InChI is InChI=1S/C22H30Cl2N2O3/c1-25-21(27)19(29-20-16(23)6-4-7-17(20)24)15-8-10-22(9-5-13-28-22)14-18(15)26-11-2-3-12-26/h4,6-7,15,18-19H,2-3,5,8-14H2,1H3,(H,25,27)/t15-,18+,19?,22-/m1/s1. The smallest absolute Gasteiger partial charge is 0.261 e. The molecule has 2 aliphatic heterocycles. The molecule has 1 aliphatic carbocycles. The fourth-order valence-corrected chi connectivity index (χ4v) is 5.88. The first-order chi connectivity index (χ1) is 14.0. The first kappa shape index (κ1) is 21.2. The van der Waals surface area contributed by atoms with Gasteiger partial charge in [-0.1, -0.05) is 29.3 Å². The van der Waals surface area contributed by atoms with Gasteiger partial charge in [0.05, 0.1) is 15.6 Å². The maximum Gasteiger partial charge on any atom is 0.261 e. The summed E-state index contributed by atoms with van der Waals surface area (Å²) in [5.74, 6) is 0.329. The zero-order chi connectivity index (χ0) is 20.4. The Balaban J connectivity index is 1.63. The molecule has 1 unspecified atom stereocenters. The van der Waals surface area contributed by atoms with Crippen LogP contribution >= 0.6 is 23.2 Å². The average Bonchev–Trinajstić information content (AvgIpc) is 3.40. The number of amides is 1. The molecule has 4 atom stereocenters. The van der Waals surface area contributed by atoms with Crippen molar-refractivity contribution in [2.45, 2.75) is 62.7 Å². The SMILES string of the molecule is CNC(=O)C(Oc1c(Cl)cccc1Cl)[C@@H]1CC[C@]2(CCCO2)C[C@@H]1N1CCCC1. The highest BCUT2D eigenvalue weighted by atomic mass is 35.5. The van der Waals surface area contributed by atoms with E-state index in [4.69, 9.17) is 32.7 Å². The molecule has 2 saturated heterocycles. The maximum atomic E-state index is 12.9. The third kappa shape index (κ3) is 4.39. The lowest BCUT2D eigenvalue weighted by molar-refractivity contribution is -0.136. The maximum absolute atomic E-state index is 12.9. The molecule has 1 spiro atoms. The van der Waals surface area contributed by atoms with E-state index in [9.17, 15) is 4.79 Å². The third-order valence-electron chi connectivity index (χ3n) is 6.86. The van der Waals surface area contributed by atoms with E-state index in [0.29, 0.717) is 15.8 Å². The van der Waals surface area contributed by atoms with Crippen LogP contribution in [-0.4, -0.2) is 55.3 Å². The molecule has 3 fully saturated rings. The molecule has 0 aromatic heterocycles. The summed E-state index contributed by atoms with van der Waals surface area (Å²) in [7, 11) is 1.65. The monoisotopic (exact) mass is 440 g/mol. The highest BCUT2D eigenvalue weighted by molar-refractivity contribution is 6.37. The summed E-state index contributed by atoms with van der Waals surface area (Å²) in [6.45, 7) is 3.00. The minimum absolute atomic E-state index is 0.0287. The van der Waals surface area contributed by atoms with Gasteiger partial charge in [-0.05, 0) is 70.2 Å². The van der Waals surface area contributed by atoms with Crippen molar-refractivity contribution in [2.75, 3.05) is 26.7 Å². The number of hydrogen-bond donors (Lipinski definition) is 1. The molecule has 1 amide bonds. The molecular formula is C22H30Cl2N2O3. The first-order valence-electron chi connectivity index (χ1n) is 10.7. The number of likely N-dealkylation sites (tertiary alicyclic amines) is 1. The van der Waals surface area contributed by atoms with Gasteiger partial charge in [0.15, 0.2) is 11.9 Å². The fourth-order valence-electron chi connectivity index (χ4n) is 5.40. The normalized spacial score (nSPS) is 31.1. The van der Waals surface area contributed by atoms with Crippen molar-refractivity contribution in [1.82, 2.24) is 10.2 Å². The van der Waals surface area contributed by atoms with Crippen LogP contribution < -0.4 is 10.1 Å².